The van der Waals surface area contributed by atoms with Crippen LogP contribution in [0.25, 0.3) is 17.0 Å². The highest BCUT2D eigenvalue weighted by atomic mass is 16.5. The molecule has 0 saturated heterocycles. The fraction of sp³-hybridized carbons (Fsp3) is 0.111. The Balaban J connectivity index is 2.18. The number of nitrogens with zero attached hydrogens (tertiary/aromatic N) is 5. The van der Waals surface area contributed by atoms with Crippen LogP contribution in [0.5, 0.6) is 5.88 Å². The molecule has 0 bridgehead atoms. The van der Waals surface area contributed by atoms with Gasteiger partial charge in [0.15, 0.2) is 11.5 Å². The van der Waals surface area contributed by atoms with Gasteiger partial charge in [0.25, 0.3) is 0 Å². The molecule has 0 aliphatic rings. The van der Waals surface area contributed by atoms with Crippen molar-refractivity contribution in [3.63, 3.8) is 0 Å². The Morgan fingerprint density at radius 1 is 1.31 bits per heavy atom. The summed E-state index contributed by atoms with van der Waals surface area (Å²) in [6, 6.07) is 1.74. The topological polar surface area (TPSA) is 81.5 Å². The lowest BCUT2D eigenvalue weighted by atomic mass is 10.5. The van der Waals surface area contributed by atoms with E-state index in [2.05, 4.69) is 25.3 Å². The molecule has 16 heavy (non-hydrogen) atoms. The number of rotatable bonds is 2. The van der Waals surface area contributed by atoms with Gasteiger partial charge in [0, 0.05) is 18.5 Å². The van der Waals surface area contributed by atoms with Crippen molar-refractivity contribution in [1.29, 1.82) is 0 Å². The van der Waals surface area contributed by atoms with Crippen molar-refractivity contribution < 1.29 is 4.74 Å². The van der Waals surface area contributed by atoms with Gasteiger partial charge < -0.3 is 4.74 Å². The van der Waals surface area contributed by atoms with Gasteiger partial charge in [0.2, 0.25) is 5.88 Å². The molecule has 80 valence electrons. The van der Waals surface area contributed by atoms with Crippen LogP contribution in [0.3, 0.4) is 0 Å². The van der Waals surface area contributed by atoms with Gasteiger partial charge in [0.1, 0.15) is 5.52 Å². The van der Waals surface area contributed by atoms with Crippen LogP contribution >= 0.6 is 0 Å². The first-order valence-corrected chi connectivity index (χ1v) is 4.63. The average molecular weight is 216 g/mol. The average Bonchev–Trinajstić information content (AvgIpc) is 2.94. The van der Waals surface area contributed by atoms with E-state index in [1.54, 1.807) is 36.4 Å². The van der Waals surface area contributed by atoms with Crippen LogP contribution < -0.4 is 4.74 Å². The molecule has 7 heteroatoms. The number of ether oxygens (including phenoxy) is 1. The zero-order valence-corrected chi connectivity index (χ0v) is 8.45. The molecule has 7 nitrogen and oxygen atoms in total. The molecule has 0 aliphatic heterocycles. The van der Waals surface area contributed by atoms with Crippen molar-refractivity contribution in [2.24, 2.45) is 0 Å². The Morgan fingerprint density at radius 3 is 3.00 bits per heavy atom. The van der Waals surface area contributed by atoms with E-state index < -0.39 is 0 Å². The molecule has 0 aromatic carbocycles. The summed E-state index contributed by atoms with van der Waals surface area (Å²) >= 11 is 0. The maximum absolute atomic E-state index is 4.99. The molecule has 0 fully saturated rings. The summed E-state index contributed by atoms with van der Waals surface area (Å²) in [6.45, 7) is 0. The van der Waals surface area contributed by atoms with E-state index in [-0.39, 0.29) is 0 Å². The molecular formula is C9H8N6O. The van der Waals surface area contributed by atoms with E-state index in [0.717, 1.165) is 5.52 Å². The van der Waals surface area contributed by atoms with E-state index in [4.69, 9.17) is 4.74 Å². The first-order valence-electron chi connectivity index (χ1n) is 4.63. The predicted molar refractivity (Wildman–Crippen MR) is 55.4 cm³/mol. The van der Waals surface area contributed by atoms with Gasteiger partial charge in [-0.15, -0.1) is 5.10 Å². The van der Waals surface area contributed by atoms with Crippen molar-refractivity contribution in [3.05, 3.63) is 24.7 Å². The Labute approximate surface area is 90.1 Å². The maximum Gasteiger partial charge on any atom is 0.234 e. The van der Waals surface area contributed by atoms with Crippen molar-refractivity contribution in [2.45, 2.75) is 0 Å². The summed E-state index contributed by atoms with van der Waals surface area (Å²) < 4.78 is 6.61. The number of H-pyrrole nitrogens is 1. The molecule has 0 atom stereocenters. The number of hydrogen-bond donors (Lipinski definition) is 1. The monoisotopic (exact) mass is 216 g/mol. The standard InChI is InChI=1S/C9H8N6O/c1-16-8-4-7(13-14-8)15-9-6(5-12-15)10-2-3-11-9/h2-5H,1H3,(H,13,14). The number of fused-ring (bicyclic) bond motifs is 1. The zero-order chi connectivity index (χ0) is 11.0. The number of aromatic amines is 1. The Bertz CT molecular complexity index is 628. The molecule has 0 aliphatic carbocycles. The molecule has 0 amide bonds. The largest absolute Gasteiger partial charge is 0.480 e. The van der Waals surface area contributed by atoms with Crippen LogP contribution in [0.15, 0.2) is 24.7 Å². The quantitative estimate of drug-likeness (QED) is 0.676. The summed E-state index contributed by atoms with van der Waals surface area (Å²) in [4.78, 5) is 8.34. The summed E-state index contributed by atoms with van der Waals surface area (Å²) in [5.74, 6) is 1.19. The number of aromatic nitrogens is 6. The van der Waals surface area contributed by atoms with Crippen molar-refractivity contribution in [3.8, 4) is 11.7 Å². The van der Waals surface area contributed by atoms with E-state index in [0.29, 0.717) is 17.3 Å². The Kier molecular flexibility index (Phi) is 1.82. The van der Waals surface area contributed by atoms with Crippen LogP contribution in [0.2, 0.25) is 0 Å². The third-order valence-electron chi connectivity index (χ3n) is 2.18. The van der Waals surface area contributed by atoms with E-state index in [1.807, 2.05) is 0 Å². The van der Waals surface area contributed by atoms with Crippen molar-refractivity contribution >= 4 is 11.2 Å². The first-order chi connectivity index (χ1) is 7.88. The fourth-order valence-electron chi connectivity index (χ4n) is 1.45. The Morgan fingerprint density at radius 2 is 2.19 bits per heavy atom. The molecule has 3 aromatic rings. The highest BCUT2D eigenvalue weighted by Gasteiger charge is 2.09. The number of methoxy groups -OCH3 is 1. The van der Waals surface area contributed by atoms with Gasteiger partial charge in [-0.25, -0.2) is 9.97 Å². The maximum atomic E-state index is 4.99. The lowest BCUT2D eigenvalue weighted by Gasteiger charge is -1.96. The number of nitrogens with one attached hydrogen (secondary N) is 1. The molecular weight excluding hydrogens is 208 g/mol. The van der Waals surface area contributed by atoms with Crippen LogP contribution in [0.1, 0.15) is 0 Å². The molecule has 0 radical (unpaired) electrons. The second-order valence-corrected chi connectivity index (χ2v) is 3.12. The smallest absolute Gasteiger partial charge is 0.234 e. The second kappa shape index (κ2) is 3.30. The minimum atomic E-state index is 0.502. The lowest BCUT2D eigenvalue weighted by Crippen LogP contribution is -1.97. The van der Waals surface area contributed by atoms with Gasteiger partial charge in [-0.05, 0) is 0 Å². The van der Waals surface area contributed by atoms with E-state index in [9.17, 15) is 0 Å². The molecule has 0 unspecified atom stereocenters. The summed E-state index contributed by atoms with van der Waals surface area (Å²) in [7, 11) is 1.56. The Hall–Kier alpha value is -2.44. The molecule has 0 saturated carbocycles. The van der Waals surface area contributed by atoms with Crippen LogP contribution in [0.4, 0.5) is 0 Å². The molecule has 3 aromatic heterocycles. The normalized spacial score (nSPS) is 10.8. The second-order valence-electron chi connectivity index (χ2n) is 3.12. The fourth-order valence-corrected chi connectivity index (χ4v) is 1.45. The minimum Gasteiger partial charge on any atom is -0.480 e. The van der Waals surface area contributed by atoms with Gasteiger partial charge in [-0.3, -0.25) is 5.10 Å². The van der Waals surface area contributed by atoms with Gasteiger partial charge >= 0.3 is 0 Å². The predicted octanol–water partition coefficient (Wildman–Crippen LogP) is 0.547. The van der Waals surface area contributed by atoms with Crippen LogP contribution in [0, 0.1) is 0 Å². The third kappa shape index (κ3) is 1.22. The summed E-state index contributed by atoms with van der Waals surface area (Å²) in [5, 5.41) is 10.9. The number of hydrogen-bond acceptors (Lipinski definition) is 5. The molecule has 3 heterocycles. The molecule has 3 rings (SSSR count). The molecule has 1 N–H and O–H groups in total. The summed E-state index contributed by atoms with van der Waals surface area (Å²) in [5.41, 5.74) is 1.41. The van der Waals surface area contributed by atoms with E-state index >= 15 is 0 Å². The highest BCUT2D eigenvalue weighted by molar-refractivity contribution is 5.70. The van der Waals surface area contributed by atoms with Gasteiger partial charge in [-0.2, -0.15) is 9.78 Å². The minimum absolute atomic E-state index is 0.502. The van der Waals surface area contributed by atoms with E-state index in [1.165, 1.54) is 0 Å². The van der Waals surface area contributed by atoms with Gasteiger partial charge in [0.05, 0.1) is 13.3 Å². The third-order valence-corrected chi connectivity index (χ3v) is 2.18. The van der Waals surface area contributed by atoms with Crippen LogP contribution in [-0.4, -0.2) is 37.1 Å². The summed E-state index contributed by atoms with van der Waals surface area (Å²) in [6.07, 6.45) is 4.89. The first kappa shape index (κ1) is 8.84. The SMILES string of the molecule is COc1cc(-n2ncc3nccnc32)[nH]n1. The van der Waals surface area contributed by atoms with Crippen molar-refractivity contribution in [2.75, 3.05) is 7.11 Å². The van der Waals surface area contributed by atoms with Crippen LogP contribution in [-0.2, 0) is 0 Å². The highest BCUT2D eigenvalue weighted by Crippen LogP contribution is 2.15. The van der Waals surface area contributed by atoms with Gasteiger partial charge in [-0.1, -0.05) is 0 Å². The lowest BCUT2D eigenvalue weighted by molar-refractivity contribution is 0.397. The zero-order valence-electron chi connectivity index (χ0n) is 8.45. The molecule has 0 spiro atoms. The van der Waals surface area contributed by atoms with Crippen molar-refractivity contribution in [1.82, 2.24) is 29.9 Å².